The van der Waals surface area contributed by atoms with E-state index in [-0.39, 0.29) is 17.6 Å². The molecular weight excluding hydrogens is 268 g/mol. The van der Waals surface area contributed by atoms with Crippen LogP contribution in [0.4, 0.5) is 8.78 Å². The standard InChI is InChI=1S/C14H17F2NO3/c1-17(13(18)11-5-6-19-9-11)8-10-3-2-4-12(7-10)20-14(15)16/h2-4,7,11,14H,5-6,8-9H2,1H3. The molecule has 0 spiro atoms. The minimum Gasteiger partial charge on any atom is -0.435 e. The van der Waals surface area contributed by atoms with E-state index in [1.165, 1.54) is 12.1 Å². The molecule has 1 aliphatic heterocycles. The summed E-state index contributed by atoms with van der Waals surface area (Å²) in [6, 6.07) is 6.38. The number of benzene rings is 1. The molecule has 2 rings (SSSR count). The SMILES string of the molecule is CN(Cc1cccc(OC(F)F)c1)C(=O)C1CCOC1. The van der Waals surface area contributed by atoms with Gasteiger partial charge in [-0.05, 0) is 24.1 Å². The maximum Gasteiger partial charge on any atom is 0.387 e. The Morgan fingerprint density at radius 1 is 1.55 bits per heavy atom. The first-order valence-corrected chi connectivity index (χ1v) is 6.42. The smallest absolute Gasteiger partial charge is 0.387 e. The summed E-state index contributed by atoms with van der Waals surface area (Å²) < 4.78 is 33.8. The Morgan fingerprint density at radius 3 is 3.00 bits per heavy atom. The Morgan fingerprint density at radius 2 is 2.35 bits per heavy atom. The van der Waals surface area contributed by atoms with Gasteiger partial charge < -0.3 is 14.4 Å². The second kappa shape index (κ2) is 6.65. The molecule has 1 fully saturated rings. The summed E-state index contributed by atoms with van der Waals surface area (Å²) in [4.78, 5) is 13.7. The highest BCUT2D eigenvalue weighted by Crippen LogP contribution is 2.19. The van der Waals surface area contributed by atoms with Crippen LogP contribution in [0.15, 0.2) is 24.3 Å². The van der Waals surface area contributed by atoms with Crippen molar-refractivity contribution in [1.29, 1.82) is 0 Å². The lowest BCUT2D eigenvalue weighted by atomic mass is 10.1. The number of rotatable bonds is 5. The van der Waals surface area contributed by atoms with E-state index < -0.39 is 6.61 Å². The summed E-state index contributed by atoms with van der Waals surface area (Å²) >= 11 is 0. The third-order valence-corrected chi connectivity index (χ3v) is 3.20. The van der Waals surface area contributed by atoms with Gasteiger partial charge in [0.05, 0.1) is 12.5 Å². The molecule has 1 amide bonds. The Kier molecular flexibility index (Phi) is 4.89. The van der Waals surface area contributed by atoms with Gasteiger partial charge in [-0.1, -0.05) is 12.1 Å². The summed E-state index contributed by atoms with van der Waals surface area (Å²) in [5.41, 5.74) is 0.748. The molecule has 6 heteroatoms. The minimum atomic E-state index is -2.85. The van der Waals surface area contributed by atoms with Crippen LogP contribution in [0, 0.1) is 5.92 Å². The quantitative estimate of drug-likeness (QED) is 0.833. The predicted octanol–water partition coefficient (Wildman–Crippen LogP) is 2.28. The molecule has 0 aliphatic carbocycles. The number of hydrogen-bond acceptors (Lipinski definition) is 3. The van der Waals surface area contributed by atoms with E-state index in [1.807, 2.05) is 0 Å². The normalized spacial score (nSPS) is 18.3. The third kappa shape index (κ3) is 3.90. The summed E-state index contributed by atoms with van der Waals surface area (Å²) in [6.07, 6.45) is 0.734. The Bertz CT molecular complexity index is 461. The van der Waals surface area contributed by atoms with Gasteiger partial charge >= 0.3 is 6.61 Å². The van der Waals surface area contributed by atoms with Crippen molar-refractivity contribution >= 4 is 5.91 Å². The maximum atomic E-state index is 12.1. The van der Waals surface area contributed by atoms with E-state index in [0.29, 0.717) is 19.8 Å². The molecule has 1 aliphatic rings. The lowest BCUT2D eigenvalue weighted by Gasteiger charge is -2.20. The summed E-state index contributed by atoms with van der Waals surface area (Å²) in [7, 11) is 1.70. The molecule has 1 saturated heterocycles. The van der Waals surface area contributed by atoms with E-state index in [9.17, 15) is 13.6 Å². The molecule has 0 aromatic heterocycles. The molecule has 20 heavy (non-hydrogen) atoms. The van der Waals surface area contributed by atoms with Crippen molar-refractivity contribution in [2.45, 2.75) is 19.6 Å². The minimum absolute atomic E-state index is 0.0164. The number of nitrogens with zero attached hydrogens (tertiary/aromatic N) is 1. The van der Waals surface area contributed by atoms with Crippen LogP contribution in [0.25, 0.3) is 0 Å². The fraction of sp³-hybridized carbons (Fsp3) is 0.500. The number of carbonyl (C=O) groups excluding carboxylic acids is 1. The van der Waals surface area contributed by atoms with Crippen LogP contribution >= 0.6 is 0 Å². The van der Waals surface area contributed by atoms with Crippen LogP contribution < -0.4 is 4.74 Å². The van der Waals surface area contributed by atoms with E-state index in [1.54, 1.807) is 24.1 Å². The number of carbonyl (C=O) groups is 1. The summed E-state index contributed by atoms with van der Waals surface area (Å²) in [6.45, 7) is -1.42. The number of halogens is 2. The molecule has 1 atom stereocenters. The molecule has 0 N–H and O–H groups in total. The first kappa shape index (κ1) is 14.7. The second-order valence-electron chi connectivity index (χ2n) is 4.78. The van der Waals surface area contributed by atoms with Gasteiger partial charge in [0, 0.05) is 20.2 Å². The van der Waals surface area contributed by atoms with Crippen LogP contribution in [0.5, 0.6) is 5.75 Å². The number of ether oxygens (including phenoxy) is 2. The first-order chi connectivity index (χ1) is 9.56. The second-order valence-corrected chi connectivity index (χ2v) is 4.78. The molecule has 1 heterocycles. The van der Waals surface area contributed by atoms with Crippen molar-refractivity contribution in [3.8, 4) is 5.75 Å². The van der Waals surface area contributed by atoms with Crippen molar-refractivity contribution in [3.05, 3.63) is 29.8 Å². The van der Waals surface area contributed by atoms with Gasteiger partial charge in [-0.2, -0.15) is 8.78 Å². The van der Waals surface area contributed by atoms with Gasteiger partial charge in [0.1, 0.15) is 5.75 Å². The molecular formula is C14H17F2NO3. The van der Waals surface area contributed by atoms with Gasteiger partial charge in [-0.25, -0.2) is 0 Å². The molecule has 110 valence electrons. The first-order valence-electron chi connectivity index (χ1n) is 6.42. The van der Waals surface area contributed by atoms with Crippen LogP contribution in [0.2, 0.25) is 0 Å². The Hall–Kier alpha value is -1.69. The number of alkyl halides is 2. The van der Waals surface area contributed by atoms with Crippen LogP contribution in [0.1, 0.15) is 12.0 Å². The highest BCUT2D eigenvalue weighted by atomic mass is 19.3. The fourth-order valence-electron chi connectivity index (χ4n) is 2.21. The highest BCUT2D eigenvalue weighted by Gasteiger charge is 2.26. The van der Waals surface area contributed by atoms with Gasteiger partial charge in [0.2, 0.25) is 5.91 Å². The van der Waals surface area contributed by atoms with Gasteiger partial charge in [0.15, 0.2) is 0 Å². The number of amides is 1. The molecule has 4 nitrogen and oxygen atoms in total. The molecule has 0 radical (unpaired) electrons. The van der Waals surface area contributed by atoms with E-state index >= 15 is 0 Å². The topological polar surface area (TPSA) is 38.8 Å². The predicted molar refractivity (Wildman–Crippen MR) is 68.5 cm³/mol. The number of hydrogen-bond donors (Lipinski definition) is 0. The van der Waals surface area contributed by atoms with Crippen LogP contribution in [-0.4, -0.2) is 37.7 Å². The van der Waals surface area contributed by atoms with Crippen molar-refractivity contribution in [2.75, 3.05) is 20.3 Å². The molecule has 1 aromatic rings. The van der Waals surface area contributed by atoms with E-state index in [2.05, 4.69) is 4.74 Å². The van der Waals surface area contributed by atoms with Gasteiger partial charge in [0.25, 0.3) is 0 Å². The fourth-order valence-corrected chi connectivity index (χ4v) is 2.21. The maximum absolute atomic E-state index is 12.1. The summed E-state index contributed by atoms with van der Waals surface area (Å²) in [5, 5.41) is 0. The van der Waals surface area contributed by atoms with E-state index in [4.69, 9.17) is 4.74 Å². The van der Waals surface area contributed by atoms with Crippen LogP contribution in [-0.2, 0) is 16.1 Å². The van der Waals surface area contributed by atoms with Crippen molar-refractivity contribution in [1.82, 2.24) is 4.90 Å². The zero-order chi connectivity index (χ0) is 14.5. The average molecular weight is 285 g/mol. The lowest BCUT2D eigenvalue weighted by Crippen LogP contribution is -2.32. The average Bonchev–Trinajstić information content (AvgIpc) is 2.91. The Labute approximate surface area is 116 Å². The highest BCUT2D eigenvalue weighted by molar-refractivity contribution is 5.78. The lowest BCUT2D eigenvalue weighted by molar-refractivity contribution is -0.134. The Balaban J connectivity index is 1.96. The summed E-state index contributed by atoms with van der Waals surface area (Å²) in [5.74, 6) is 0.0192. The molecule has 0 bridgehead atoms. The third-order valence-electron chi connectivity index (χ3n) is 3.20. The van der Waals surface area contributed by atoms with E-state index in [0.717, 1.165) is 12.0 Å². The van der Waals surface area contributed by atoms with Crippen molar-refractivity contribution in [2.24, 2.45) is 5.92 Å². The van der Waals surface area contributed by atoms with Crippen molar-refractivity contribution < 1.29 is 23.0 Å². The van der Waals surface area contributed by atoms with Crippen molar-refractivity contribution in [3.63, 3.8) is 0 Å². The van der Waals surface area contributed by atoms with Crippen LogP contribution in [0.3, 0.4) is 0 Å². The monoisotopic (exact) mass is 285 g/mol. The zero-order valence-electron chi connectivity index (χ0n) is 11.2. The molecule has 1 unspecified atom stereocenters. The largest absolute Gasteiger partial charge is 0.435 e. The van der Waals surface area contributed by atoms with Gasteiger partial charge in [-0.3, -0.25) is 4.79 Å². The molecule has 1 aromatic carbocycles. The molecule has 0 saturated carbocycles. The zero-order valence-corrected chi connectivity index (χ0v) is 11.2. The van der Waals surface area contributed by atoms with Gasteiger partial charge in [-0.15, -0.1) is 0 Å².